The summed E-state index contributed by atoms with van der Waals surface area (Å²) in [4.78, 5) is 0. The summed E-state index contributed by atoms with van der Waals surface area (Å²) in [6.07, 6.45) is 25.0. The Morgan fingerprint density at radius 1 is 0.581 bits per heavy atom. The standard InChI is InChI=1S/C26H48N2.2ClH.Ti/c1-3-5-13-21-15-7-9-17-23(21)27-25-19-11-12-20-26(25)28-24-18-10-8-16-22(24)14-6-4-2;;;/h21-26H,3-20H2,1-2H3;2*1H;/q-2;;;+2/p-2. The molecule has 3 aliphatic rings. The summed E-state index contributed by atoms with van der Waals surface area (Å²) in [6.45, 7) is 4.67. The molecule has 0 aromatic rings. The van der Waals surface area contributed by atoms with Crippen LogP contribution >= 0.6 is 18.6 Å². The van der Waals surface area contributed by atoms with Gasteiger partial charge in [-0.05, 0) is 0 Å². The van der Waals surface area contributed by atoms with Crippen molar-refractivity contribution in [2.24, 2.45) is 11.8 Å². The maximum atomic E-state index is 5.57. The molecule has 0 amide bonds. The van der Waals surface area contributed by atoms with E-state index in [1.807, 2.05) is 0 Å². The predicted molar refractivity (Wildman–Crippen MR) is 135 cm³/mol. The van der Waals surface area contributed by atoms with Gasteiger partial charge in [0.05, 0.1) is 0 Å². The van der Waals surface area contributed by atoms with Crippen LogP contribution in [0.4, 0.5) is 0 Å². The second-order valence-electron chi connectivity index (χ2n) is 10.3. The average molecular weight is 507 g/mol. The van der Waals surface area contributed by atoms with Crippen LogP contribution < -0.4 is 0 Å². The van der Waals surface area contributed by atoms with Gasteiger partial charge in [-0.1, -0.05) is 141 Å². The molecule has 31 heavy (non-hydrogen) atoms. The van der Waals surface area contributed by atoms with E-state index in [1.54, 1.807) is 0 Å². The molecule has 0 radical (unpaired) electrons. The van der Waals surface area contributed by atoms with Gasteiger partial charge >= 0.3 is 35.6 Å². The van der Waals surface area contributed by atoms with Gasteiger partial charge in [0.25, 0.3) is 0 Å². The molecular weight excluding hydrogens is 459 g/mol. The fourth-order valence-corrected chi connectivity index (χ4v) is 6.31. The van der Waals surface area contributed by atoms with Crippen molar-refractivity contribution >= 4 is 18.6 Å². The SMILES string of the molecule is CCCCC1CCCCC1[N-]C1CCCCC1[N-]C1CCCCC1CCCC.[Cl][Ti][Cl]. The van der Waals surface area contributed by atoms with Gasteiger partial charge < -0.3 is 10.6 Å². The Morgan fingerprint density at radius 2 is 0.903 bits per heavy atom. The van der Waals surface area contributed by atoms with Crippen LogP contribution in [0.2, 0.25) is 0 Å². The third kappa shape index (κ3) is 10.6. The Morgan fingerprint density at radius 3 is 1.26 bits per heavy atom. The summed E-state index contributed by atoms with van der Waals surface area (Å²) in [6, 6.07) is 2.41. The first-order chi connectivity index (χ1) is 15.2. The fourth-order valence-electron chi connectivity index (χ4n) is 6.31. The first-order valence-electron chi connectivity index (χ1n) is 13.6. The molecule has 2 nitrogen and oxygen atoms in total. The van der Waals surface area contributed by atoms with Gasteiger partial charge in [-0.25, -0.2) is 0 Å². The van der Waals surface area contributed by atoms with Crippen molar-refractivity contribution in [2.45, 2.75) is 154 Å². The van der Waals surface area contributed by atoms with Gasteiger partial charge in [0.15, 0.2) is 0 Å². The van der Waals surface area contributed by atoms with Crippen molar-refractivity contribution in [3.05, 3.63) is 10.6 Å². The van der Waals surface area contributed by atoms with E-state index in [-0.39, 0.29) is 0 Å². The zero-order chi connectivity index (χ0) is 22.3. The second-order valence-corrected chi connectivity index (χ2v) is 12.9. The van der Waals surface area contributed by atoms with Crippen LogP contribution in [-0.4, -0.2) is 24.2 Å². The molecule has 3 fully saturated rings. The van der Waals surface area contributed by atoms with E-state index in [1.165, 1.54) is 116 Å². The maximum absolute atomic E-state index is 5.57. The van der Waals surface area contributed by atoms with E-state index in [9.17, 15) is 0 Å². The van der Waals surface area contributed by atoms with Crippen LogP contribution in [-0.2, 0) is 17.0 Å². The fraction of sp³-hybridized carbons (Fsp3) is 1.00. The quantitative estimate of drug-likeness (QED) is 0.263. The Balaban J connectivity index is 0.00000107. The molecule has 0 heterocycles. The summed E-state index contributed by atoms with van der Waals surface area (Å²) < 4.78 is 0. The molecule has 5 heteroatoms. The van der Waals surface area contributed by atoms with Crippen molar-refractivity contribution in [3.8, 4) is 0 Å². The summed E-state index contributed by atoms with van der Waals surface area (Å²) >= 11 is -0.556. The minimum absolute atomic E-state index is 0.551. The summed E-state index contributed by atoms with van der Waals surface area (Å²) in [7, 11) is 9.78. The number of hydrogen-bond donors (Lipinski definition) is 0. The van der Waals surface area contributed by atoms with Gasteiger partial charge in [0.2, 0.25) is 0 Å². The van der Waals surface area contributed by atoms with Gasteiger partial charge in [-0.3, -0.25) is 0 Å². The van der Waals surface area contributed by atoms with Gasteiger partial charge in [0, 0.05) is 0 Å². The Hall–Kier alpha value is 1.21. The van der Waals surface area contributed by atoms with Crippen molar-refractivity contribution in [2.75, 3.05) is 0 Å². The molecule has 0 aliphatic heterocycles. The molecule has 6 unspecified atom stereocenters. The Labute approximate surface area is 210 Å². The van der Waals surface area contributed by atoms with Gasteiger partial charge in [-0.2, -0.15) is 12.1 Å². The first kappa shape index (κ1) is 28.5. The third-order valence-corrected chi connectivity index (χ3v) is 8.05. The molecule has 0 bridgehead atoms. The van der Waals surface area contributed by atoms with Crippen LogP contribution in [0.5, 0.6) is 0 Å². The van der Waals surface area contributed by atoms with Crippen molar-refractivity contribution in [3.63, 3.8) is 0 Å². The van der Waals surface area contributed by atoms with Gasteiger partial charge in [-0.15, -0.1) is 12.1 Å². The normalized spacial score (nSPS) is 33.9. The van der Waals surface area contributed by atoms with E-state index in [2.05, 4.69) is 13.8 Å². The molecule has 0 spiro atoms. The third-order valence-electron chi connectivity index (χ3n) is 8.05. The topological polar surface area (TPSA) is 28.2 Å². The van der Waals surface area contributed by atoms with E-state index >= 15 is 0 Å². The van der Waals surface area contributed by atoms with Crippen LogP contribution in [0.1, 0.15) is 129 Å². The summed E-state index contributed by atoms with van der Waals surface area (Å²) in [5.41, 5.74) is 0. The van der Waals surface area contributed by atoms with Crippen LogP contribution in [0.15, 0.2) is 0 Å². The molecule has 3 aliphatic carbocycles. The molecule has 6 atom stereocenters. The zero-order valence-electron chi connectivity index (χ0n) is 20.3. The first-order valence-corrected chi connectivity index (χ1v) is 17.9. The van der Waals surface area contributed by atoms with E-state index in [0.717, 1.165) is 11.8 Å². The number of halogens is 2. The van der Waals surface area contributed by atoms with Crippen molar-refractivity contribution in [1.82, 2.24) is 0 Å². The van der Waals surface area contributed by atoms with E-state index in [4.69, 9.17) is 29.2 Å². The molecule has 0 N–H and O–H groups in total. The number of unbranched alkanes of at least 4 members (excludes halogenated alkanes) is 2. The Kier molecular flexibility index (Phi) is 16.2. The van der Waals surface area contributed by atoms with Gasteiger partial charge in [0.1, 0.15) is 0 Å². The minimum atomic E-state index is -0.556. The summed E-state index contributed by atoms with van der Waals surface area (Å²) in [5.74, 6) is 1.76. The predicted octanol–water partition coefficient (Wildman–Crippen LogP) is 9.92. The number of rotatable bonds is 10. The van der Waals surface area contributed by atoms with E-state index in [0.29, 0.717) is 24.2 Å². The Bertz CT molecular complexity index is 402. The molecular formula is C26H48Cl2N2Ti-2. The molecule has 3 rings (SSSR count). The van der Waals surface area contributed by atoms with Crippen LogP contribution in [0.3, 0.4) is 0 Å². The molecule has 0 saturated heterocycles. The number of nitrogens with zero attached hydrogens (tertiary/aromatic N) is 2. The molecule has 182 valence electrons. The van der Waals surface area contributed by atoms with Crippen molar-refractivity contribution in [1.29, 1.82) is 0 Å². The number of hydrogen-bond acceptors (Lipinski definition) is 0. The zero-order valence-corrected chi connectivity index (χ0v) is 23.4. The monoisotopic (exact) mass is 506 g/mol. The molecule has 0 aromatic heterocycles. The average Bonchev–Trinajstić information content (AvgIpc) is 2.80. The van der Waals surface area contributed by atoms with Crippen LogP contribution in [0.25, 0.3) is 10.6 Å². The summed E-state index contributed by atoms with van der Waals surface area (Å²) in [5, 5.41) is 11.1. The molecule has 0 aromatic carbocycles. The van der Waals surface area contributed by atoms with E-state index < -0.39 is 17.0 Å². The van der Waals surface area contributed by atoms with Crippen LogP contribution in [0, 0.1) is 11.8 Å². The van der Waals surface area contributed by atoms with Crippen molar-refractivity contribution < 1.29 is 17.0 Å². The second kappa shape index (κ2) is 17.6. The molecule has 3 saturated carbocycles.